The van der Waals surface area contributed by atoms with Crippen LogP contribution in [0.5, 0.6) is 0 Å². The Kier molecular flexibility index (Phi) is 4.57. The number of rotatable bonds is 4. The quantitative estimate of drug-likeness (QED) is 0.921. The highest BCUT2D eigenvalue weighted by Gasteiger charge is 2.13. The van der Waals surface area contributed by atoms with Crippen LogP contribution in [-0.2, 0) is 11.3 Å². The highest BCUT2D eigenvalue weighted by Crippen LogP contribution is 2.25. The van der Waals surface area contributed by atoms with Gasteiger partial charge >= 0.3 is 0 Å². The van der Waals surface area contributed by atoms with Crippen LogP contribution >= 0.6 is 27.5 Å². The fourth-order valence-corrected chi connectivity index (χ4v) is 1.83. The molecule has 1 aromatic carbocycles. The number of nitrogens with zero attached hydrogens (tertiary/aromatic N) is 1. The summed E-state index contributed by atoms with van der Waals surface area (Å²) in [5.74, 6) is 0.117. The first-order chi connectivity index (χ1) is 9.10. The van der Waals surface area contributed by atoms with Crippen LogP contribution in [0.2, 0.25) is 5.02 Å². The summed E-state index contributed by atoms with van der Waals surface area (Å²) in [5, 5.41) is 6.85. The van der Waals surface area contributed by atoms with Crippen LogP contribution in [0.4, 0.5) is 5.69 Å². The molecule has 5 nitrogen and oxygen atoms in total. The Balaban J connectivity index is 2.09. The van der Waals surface area contributed by atoms with Crippen molar-refractivity contribution in [2.24, 2.45) is 0 Å². The third-order valence-electron chi connectivity index (χ3n) is 2.26. The topological polar surface area (TPSA) is 64.4 Å². The van der Waals surface area contributed by atoms with Gasteiger partial charge in [0.05, 0.1) is 5.02 Å². The molecule has 7 heteroatoms. The zero-order valence-electron chi connectivity index (χ0n) is 9.94. The van der Waals surface area contributed by atoms with E-state index in [4.69, 9.17) is 20.9 Å². The van der Waals surface area contributed by atoms with E-state index in [0.29, 0.717) is 16.5 Å². The predicted molar refractivity (Wildman–Crippen MR) is 74.3 cm³/mol. The van der Waals surface area contributed by atoms with Crippen molar-refractivity contribution in [3.05, 3.63) is 45.2 Å². The van der Waals surface area contributed by atoms with E-state index in [1.165, 1.54) is 13.2 Å². The largest absolute Gasteiger partial charge is 0.377 e. The van der Waals surface area contributed by atoms with Crippen LogP contribution < -0.4 is 5.32 Å². The molecule has 0 saturated carbocycles. The average molecular weight is 346 g/mol. The molecule has 100 valence electrons. The summed E-state index contributed by atoms with van der Waals surface area (Å²) < 4.78 is 10.6. The Morgan fingerprint density at radius 3 is 3.00 bits per heavy atom. The number of halogens is 2. The maximum Gasteiger partial charge on any atom is 0.277 e. The molecule has 0 aliphatic heterocycles. The van der Waals surface area contributed by atoms with E-state index in [-0.39, 0.29) is 18.2 Å². The minimum absolute atomic E-state index is 0.186. The summed E-state index contributed by atoms with van der Waals surface area (Å²) in [6, 6.07) is 6.64. The Bertz CT molecular complexity index is 600. The molecule has 1 N–H and O–H groups in total. The maximum atomic E-state index is 11.9. The smallest absolute Gasteiger partial charge is 0.277 e. The molecule has 1 aromatic heterocycles. The molecule has 0 aliphatic carbocycles. The number of carbonyl (C=O) groups is 1. The molecular weight excluding hydrogens is 336 g/mol. The van der Waals surface area contributed by atoms with E-state index >= 15 is 0 Å². The van der Waals surface area contributed by atoms with Crippen molar-refractivity contribution in [2.75, 3.05) is 12.4 Å². The van der Waals surface area contributed by atoms with Gasteiger partial charge in [-0.1, -0.05) is 16.8 Å². The third-order valence-corrected chi connectivity index (χ3v) is 3.49. The Labute approximate surface area is 123 Å². The van der Waals surface area contributed by atoms with Gasteiger partial charge in [-0.3, -0.25) is 4.79 Å². The van der Waals surface area contributed by atoms with Crippen molar-refractivity contribution < 1.29 is 14.1 Å². The van der Waals surface area contributed by atoms with Gasteiger partial charge in [-0.25, -0.2) is 0 Å². The normalized spacial score (nSPS) is 10.5. The summed E-state index contributed by atoms with van der Waals surface area (Å²) in [7, 11) is 1.53. The van der Waals surface area contributed by atoms with Crippen molar-refractivity contribution in [2.45, 2.75) is 6.61 Å². The van der Waals surface area contributed by atoms with Crippen molar-refractivity contribution in [3.8, 4) is 0 Å². The lowest BCUT2D eigenvalue weighted by atomic mass is 10.3. The fourth-order valence-electron chi connectivity index (χ4n) is 1.40. The molecule has 0 radical (unpaired) electrons. The van der Waals surface area contributed by atoms with Crippen LogP contribution in [0.25, 0.3) is 0 Å². The molecule has 0 fully saturated rings. The molecule has 2 rings (SSSR count). The standard InChI is InChI=1S/C12H10BrClN2O3/c1-18-6-8-5-11(16-19-8)12(17)15-7-2-3-9(13)10(14)4-7/h2-5H,6H2,1H3,(H,15,17). The van der Waals surface area contributed by atoms with Gasteiger partial charge in [0.25, 0.3) is 5.91 Å². The number of benzene rings is 1. The van der Waals surface area contributed by atoms with Crippen molar-refractivity contribution in [1.29, 1.82) is 0 Å². The van der Waals surface area contributed by atoms with E-state index in [0.717, 1.165) is 4.47 Å². The summed E-state index contributed by atoms with van der Waals surface area (Å²) in [6.45, 7) is 0.268. The maximum absolute atomic E-state index is 11.9. The first-order valence-electron chi connectivity index (χ1n) is 5.31. The lowest BCUT2D eigenvalue weighted by Gasteiger charge is -2.04. The number of carbonyl (C=O) groups excluding carboxylic acids is 1. The van der Waals surface area contributed by atoms with E-state index in [9.17, 15) is 4.79 Å². The van der Waals surface area contributed by atoms with Crippen molar-refractivity contribution in [3.63, 3.8) is 0 Å². The molecule has 0 saturated heterocycles. The minimum atomic E-state index is -0.371. The molecule has 0 atom stereocenters. The van der Waals surface area contributed by atoms with Gasteiger partial charge < -0.3 is 14.6 Å². The lowest BCUT2D eigenvalue weighted by Crippen LogP contribution is -2.12. The lowest BCUT2D eigenvalue weighted by molar-refractivity contribution is 0.101. The van der Waals surface area contributed by atoms with Gasteiger partial charge in [0.1, 0.15) is 6.61 Å². The number of aromatic nitrogens is 1. The van der Waals surface area contributed by atoms with Crippen LogP contribution in [-0.4, -0.2) is 18.2 Å². The highest BCUT2D eigenvalue weighted by molar-refractivity contribution is 9.10. The summed E-state index contributed by atoms with van der Waals surface area (Å²) in [4.78, 5) is 11.9. The van der Waals surface area contributed by atoms with Gasteiger partial charge in [-0.05, 0) is 34.1 Å². The molecular formula is C12H10BrClN2O3. The molecule has 1 heterocycles. The highest BCUT2D eigenvalue weighted by atomic mass is 79.9. The second kappa shape index (κ2) is 6.18. The second-order valence-corrected chi connectivity index (χ2v) is 4.96. The zero-order valence-corrected chi connectivity index (χ0v) is 12.3. The zero-order chi connectivity index (χ0) is 13.8. The van der Waals surface area contributed by atoms with Crippen LogP contribution in [0.3, 0.4) is 0 Å². The molecule has 0 unspecified atom stereocenters. The third kappa shape index (κ3) is 3.56. The van der Waals surface area contributed by atoms with Gasteiger partial charge in [-0.2, -0.15) is 0 Å². The van der Waals surface area contributed by atoms with Gasteiger partial charge in [0.2, 0.25) is 0 Å². The van der Waals surface area contributed by atoms with Crippen LogP contribution in [0, 0.1) is 0 Å². The van der Waals surface area contributed by atoms with Gasteiger partial charge in [-0.15, -0.1) is 0 Å². The molecule has 1 amide bonds. The van der Waals surface area contributed by atoms with E-state index in [1.54, 1.807) is 18.2 Å². The summed E-state index contributed by atoms with van der Waals surface area (Å²) >= 11 is 9.21. The number of ether oxygens (including phenoxy) is 1. The summed E-state index contributed by atoms with van der Waals surface area (Å²) in [5.41, 5.74) is 0.764. The van der Waals surface area contributed by atoms with Gasteiger partial charge in [0.15, 0.2) is 11.5 Å². The first-order valence-corrected chi connectivity index (χ1v) is 6.48. The van der Waals surface area contributed by atoms with Crippen molar-refractivity contribution >= 4 is 39.1 Å². The fraction of sp³-hybridized carbons (Fsp3) is 0.167. The van der Waals surface area contributed by atoms with Crippen molar-refractivity contribution in [1.82, 2.24) is 5.16 Å². The van der Waals surface area contributed by atoms with E-state index in [2.05, 4.69) is 26.4 Å². The average Bonchev–Trinajstić information content (AvgIpc) is 2.83. The first kappa shape index (κ1) is 14.0. The van der Waals surface area contributed by atoms with Crippen LogP contribution in [0.15, 0.2) is 33.3 Å². The molecule has 0 aliphatic rings. The molecule has 0 spiro atoms. The number of methoxy groups -OCH3 is 1. The number of nitrogens with one attached hydrogen (secondary N) is 1. The summed E-state index contributed by atoms with van der Waals surface area (Å²) in [6.07, 6.45) is 0. The second-order valence-electron chi connectivity index (χ2n) is 3.69. The Hall–Kier alpha value is -1.37. The Morgan fingerprint density at radius 2 is 2.32 bits per heavy atom. The van der Waals surface area contributed by atoms with E-state index < -0.39 is 0 Å². The molecule has 19 heavy (non-hydrogen) atoms. The molecule has 0 bridgehead atoms. The van der Waals surface area contributed by atoms with Gasteiger partial charge in [0, 0.05) is 23.3 Å². The Morgan fingerprint density at radius 1 is 1.53 bits per heavy atom. The minimum Gasteiger partial charge on any atom is -0.377 e. The molecule has 2 aromatic rings. The number of amides is 1. The number of hydrogen-bond donors (Lipinski definition) is 1. The number of hydrogen-bond acceptors (Lipinski definition) is 4. The SMILES string of the molecule is COCc1cc(C(=O)Nc2ccc(Br)c(Cl)c2)no1. The monoisotopic (exact) mass is 344 g/mol. The predicted octanol–water partition coefficient (Wildman–Crippen LogP) is 3.49. The van der Waals surface area contributed by atoms with Crippen LogP contribution in [0.1, 0.15) is 16.2 Å². The van der Waals surface area contributed by atoms with E-state index in [1.807, 2.05) is 0 Å². The number of anilines is 1.